The van der Waals surface area contributed by atoms with Gasteiger partial charge in [0.1, 0.15) is 5.75 Å². The third kappa shape index (κ3) is 5.60. The number of aliphatic imine (C=N–C) groups is 1. The van der Waals surface area contributed by atoms with E-state index < -0.39 is 0 Å². The van der Waals surface area contributed by atoms with Gasteiger partial charge >= 0.3 is 0 Å². The molecule has 1 N–H and O–H groups in total. The normalized spacial score (nSPS) is 11.2. The number of anilines is 3. The van der Waals surface area contributed by atoms with Gasteiger partial charge in [0.25, 0.3) is 0 Å². The summed E-state index contributed by atoms with van der Waals surface area (Å²) in [7, 11) is 0. The van der Waals surface area contributed by atoms with Crippen LogP contribution < -0.4 is 4.90 Å². The molecule has 0 saturated heterocycles. The predicted octanol–water partition coefficient (Wildman–Crippen LogP) is 8.78. The molecule has 3 nitrogen and oxygen atoms in total. The third-order valence-electron chi connectivity index (χ3n) is 5.83. The Hall–Kier alpha value is -4.89. The van der Waals surface area contributed by atoms with Crippen molar-refractivity contribution in [3.05, 3.63) is 150 Å². The summed E-state index contributed by atoms with van der Waals surface area (Å²) in [6, 6.07) is 44.5. The van der Waals surface area contributed by atoms with Crippen LogP contribution in [-0.4, -0.2) is 11.3 Å². The summed E-state index contributed by atoms with van der Waals surface area (Å²) in [6.07, 6.45) is 5.88. The minimum absolute atomic E-state index is 0.225. The Morgan fingerprint density at radius 3 is 1.53 bits per heavy atom. The van der Waals surface area contributed by atoms with Gasteiger partial charge in [0, 0.05) is 28.8 Å². The van der Waals surface area contributed by atoms with Gasteiger partial charge in [-0.15, -0.1) is 0 Å². The van der Waals surface area contributed by atoms with E-state index in [4.69, 9.17) is 0 Å². The number of hydrogen-bond donors (Lipinski definition) is 1. The summed E-state index contributed by atoms with van der Waals surface area (Å²) in [5.74, 6) is 0.225. The van der Waals surface area contributed by atoms with Gasteiger partial charge in [-0.2, -0.15) is 0 Å². The molecule has 0 aromatic heterocycles. The molecule has 0 aliphatic heterocycles. The van der Waals surface area contributed by atoms with Crippen LogP contribution in [0.4, 0.5) is 22.7 Å². The number of phenols is 1. The van der Waals surface area contributed by atoms with Crippen molar-refractivity contribution in [1.82, 2.24) is 0 Å². The summed E-state index contributed by atoms with van der Waals surface area (Å²) in [5, 5.41) is 9.87. The summed E-state index contributed by atoms with van der Waals surface area (Å²) < 4.78 is 0. The average Bonchev–Trinajstić information content (AvgIpc) is 2.94. The molecule has 0 bridgehead atoms. The third-order valence-corrected chi connectivity index (χ3v) is 5.83. The Kier molecular flexibility index (Phi) is 7.01. The van der Waals surface area contributed by atoms with Crippen LogP contribution >= 0.6 is 0 Å². The van der Waals surface area contributed by atoms with E-state index in [-0.39, 0.29) is 5.75 Å². The lowest BCUT2D eigenvalue weighted by molar-refractivity contribution is 0.474. The number of benzene rings is 5. The Morgan fingerprint density at radius 1 is 0.500 bits per heavy atom. The summed E-state index contributed by atoms with van der Waals surface area (Å²) in [5.41, 5.74) is 7.10. The molecule has 0 aliphatic carbocycles. The van der Waals surface area contributed by atoms with Crippen molar-refractivity contribution in [3.8, 4) is 5.75 Å². The van der Waals surface area contributed by atoms with Crippen LogP contribution in [0.15, 0.2) is 138 Å². The van der Waals surface area contributed by atoms with Crippen LogP contribution in [0.5, 0.6) is 5.75 Å². The minimum atomic E-state index is 0.225. The Labute approximate surface area is 212 Å². The molecular weight excluding hydrogens is 440 g/mol. The van der Waals surface area contributed by atoms with Gasteiger partial charge in [0.2, 0.25) is 0 Å². The van der Waals surface area contributed by atoms with E-state index in [2.05, 4.69) is 94.8 Å². The van der Waals surface area contributed by atoms with Crippen molar-refractivity contribution in [2.24, 2.45) is 4.99 Å². The SMILES string of the molecule is Oc1ccccc1C=Nc1ccc(/C=C/c2ccc(N(c3ccccc3)c3ccccc3)cc2)cc1. The van der Waals surface area contributed by atoms with Crippen LogP contribution in [-0.2, 0) is 0 Å². The maximum Gasteiger partial charge on any atom is 0.124 e. The zero-order valence-corrected chi connectivity index (χ0v) is 19.8. The smallest absolute Gasteiger partial charge is 0.124 e. The zero-order chi connectivity index (χ0) is 24.6. The van der Waals surface area contributed by atoms with Gasteiger partial charge in [-0.3, -0.25) is 4.99 Å². The highest BCUT2D eigenvalue weighted by Gasteiger charge is 2.11. The molecule has 0 radical (unpaired) electrons. The molecule has 3 heteroatoms. The number of aromatic hydroxyl groups is 1. The van der Waals surface area contributed by atoms with Crippen molar-refractivity contribution < 1.29 is 5.11 Å². The largest absolute Gasteiger partial charge is 0.507 e. The van der Waals surface area contributed by atoms with Crippen LogP contribution in [0.3, 0.4) is 0 Å². The zero-order valence-electron chi connectivity index (χ0n) is 19.8. The fourth-order valence-electron chi connectivity index (χ4n) is 3.94. The van der Waals surface area contributed by atoms with Crippen molar-refractivity contribution in [2.45, 2.75) is 0 Å². The van der Waals surface area contributed by atoms with E-state index in [1.807, 2.05) is 48.5 Å². The summed E-state index contributed by atoms with van der Waals surface area (Å²) in [6.45, 7) is 0. The molecule has 0 amide bonds. The molecule has 5 aromatic carbocycles. The highest BCUT2D eigenvalue weighted by molar-refractivity contribution is 5.85. The van der Waals surface area contributed by atoms with Gasteiger partial charge in [-0.05, 0) is 71.8 Å². The molecule has 0 unspecified atom stereocenters. The number of para-hydroxylation sites is 3. The molecule has 0 saturated carbocycles. The van der Waals surface area contributed by atoms with Crippen LogP contribution in [0, 0.1) is 0 Å². The predicted molar refractivity (Wildman–Crippen MR) is 152 cm³/mol. The van der Waals surface area contributed by atoms with Crippen molar-refractivity contribution in [2.75, 3.05) is 4.90 Å². The fourth-order valence-corrected chi connectivity index (χ4v) is 3.94. The molecule has 174 valence electrons. The van der Waals surface area contributed by atoms with Gasteiger partial charge in [0.15, 0.2) is 0 Å². The molecule has 0 fully saturated rings. The number of phenolic OH excluding ortho intramolecular Hbond substituents is 1. The molecule has 0 atom stereocenters. The first-order valence-electron chi connectivity index (χ1n) is 11.9. The van der Waals surface area contributed by atoms with E-state index in [0.29, 0.717) is 5.56 Å². The molecule has 0 aliphatic rings. The maximum atomic E-state index is 9.87. The lowest BCUT2D eigenvalue weighted by Crippen LogP contribution is -2.09. The van der Waals surface area contributed by atoms with Crippen molar-refractivity contribution >= 4 is 41.1 Å². The topological polar surface area (TPSA) is 35.8 Å². The van der Waals surface area contributed by atoms with Gasteiger partial charge in [-0.1, -0.05) is 84.9 Å². The average molecular weight is 467 g/mol. The molecular formula is C33H26N2O. The second-order valence-electron chi connectivity index (χ2n) is 8.34. The number of rotatable bonds is 7. The summed E-state index contributed by atoms with van der Waals surface area (Å²) in [4.78, 5) is 6.71. The first kappa shape index (κ1) is 22.9. The lowest BCUT2D eigenvalue weighted by Gasteiger charge is -2.25. The molecule has 5 aromatic rings. The molecule has 36 heavy (non-hydrogen) atoms. The highest BCUT2D eigenvalue weighted by Crippen LogP contribution is 2.34. The van der Waals surface area contributed by atoms with Gasteiger partial charge in [0.05, 0.1) is 5.69 Å². The highest BCUT2D eigenvalue weighted by atomic mass is 16.3. The van der Waals surface area contributed by atoms with E-state index in [1.54, 1.807) is 18.3 Å². The quantitative estimate of drug-likeness (QED) is 0.192. The van der Waals surface area contributed by atoms with Gasteiger partial charge in [-0.25, -0.2) is 0 Å². The first-order valence-corrected chi connectivity index (χ1v) is 11.9. The minimum Gasteiger partial charge on any atom is -0.507 e. The molecule has 0 spiro atoms. The van der Waals surface area contributed by atoms with E-state index in [0.717, 1.165) is 33.9 Å². The van der Waals surface area contributed by atoms with Crippen molar-refractivity contribution in [3.63, 3.8) is 0 Å². The standard InChI is InChI=1S/C33H26N2O/c36-33-14-8-7-9-28(33)25-34-29-21-17-26(18-22-29)15-16-27-19-23-32(24-20-27)35(30-10-3-1-4-11-30)31-12-5-2-6-13-31/h1-25,36H/b16-15+,34-25?. The molecule has 5 rings (SSSR count). The van der Waals surface area contributed by atoms with E-state index >= 15 is 0 Å². The number of nitrogens with zero attached hydrogens (tertiary/aromatic N) is 2. The van der Waals surface area contributed by atoms with Crippen molar-refractivity contribution in [1.29, 1.82) is 0 Å². The lowest BCUT2D eigenvalue weighted by atomic mass is 10.1. The summed E-state index contributed by atoms with van der Waals surface area (Å²) >= 11 is 0. The van der Waals surface area contributed by atoms with Crippen LogP contribution in [0.2, 0.25) is 0 Å². The maximum absolute atomic E-state index is 9.87. The molecule has 0 heterocycles. The Balaban J connectivity index is 1.30. The fraction of sp³-hybridized carbons (Fsp3) is 0. The van der Waals surface area contributed by atoms with E-state index in [9.17, 15) is 5.11 Å². The second-order valence-corrected chi connectivity index (χ2v) is 8.34. The number of hydrogen-bond acceptors (Lipinski definition) is 3. The van der Waals surface area contributed by atoms with E-state index in [1.165, 1.54) is 0 Å². The Morgan fingerprint density at radius 2 is 0.972 bits per heavy atom. The second kappa shape index (κ2) is 11.0. The van der Waals surface area contributed by atoms with Gasteiger partial charge < -0.3 is 10.0 Å². The first-order chi connectivity index (χ1) is 17.8. The Bertz CT molecular complexity index is 1420. The van der Waals surface area contributed by atoms with Crippen LogP contribution in [0.1, 0.15) is 16.7 Å². The monoisotopic (exact) mass is 466 g/mol. The van der Waals surface area contributed by atoms with Crippen LogP contribution in [0.25, 0.3) is 12.2 Å².